The van der Waals surface area contributed by atoms with E-state index in [1.165, 1.54) is 6.07 Å². The van der Waals surface area contributed by atoms with E-state index in [-0.39, 0.29) is 29.8 Å². The molecule has 0 saturated heterocycles. The molecule has 0 bridgehead atoms. The molecule has 1 aromatic heterocycles. The number of nitrogens with zero attached hydrogens (tertiary/aromatic N) is 3. The molecular formula is C17H24BrFIN5O. The minimum Gasteiger partial charge on any atom is -0.357 e. The van der Waals surface area contributed by atoms with Crippen LogP contribution in [0, 0.1) is 12.7 Å². The number of nitrogens with one attached hydrogen (secondary N) is 2. The van der Waals surface area contributed by atoms with E-state index < -0.39 is 0 Å². The predicted molar refractivity (Wildman–Crippen MR) is 115 cm³/mol. The molecule has 0 aliphatic heterocycles. The van der Waals surface area contributed by atoms with Gasteiger partial charge in [-0.1, -0.05) is 27.2 Å². The van der Waals surface area contributed by atoms with Gasteiger partial charge in [-0.3, -0.25) is 4.99 Å². The number of halogens is 3. The number of aliphatic imine (C=N–C) groups is 1. The summed E-state index contributed by atoms with van der Waals surface area (Å²) in [4.78, 5) is 8.67. The number of aromatic nitrogens is 2. The second-order valence-electron chi connectivity index (χ2n) is 5.51. The molecule has 1 aromatic carbocycles. The van der Waals surface area contributed by atoms with Crippen LogP contribution in [0.15, 0.2) is 32.2 Å². The Morgan fingerprint density at radius 1 is 1.31 bits per heavy atom. The summed E-state index contributed by atoms with van der Waals surface area (Å²) in [7, 11) is 0. The van der Waals surface area contributed by atoms with Gasteiger partial charge in [-0.15, -0.1) is 24.0 Å². The molecule has 9 heteroatoms. The smallest absolute Gasteiger partial charge is 0.228 e. The van der Waals surface area contributed by atoms with E-state index >= 15 is 0 Å². The Labute approximate surface area is 178 Å². The average Bonchev–Trinajstić information content (AvgIpc) is 2.98. The van der Waals surface area contributed by atoms with Crippen LogP contribution < -0.4 is 10.6 Å². The van der Waals surface area contributed by atoms with Gasteiger partial charge in [-0.25, -0.2) is 4.39 Å². The van der Waals surface area contributed by atoms with Gasteiger partial charge in [0.2, 0.25) is 5.89 Å². The highest BCUT2D eigenvalue weighted by molar-refractivity contribution is 14.0. The quantitative estimate of drug-likeness (QED) is 0.232. The van der Waals surface area contributed by atoms with Crippen molar-refractivity contribution in [2.75, 3.05) is 19.6 Å². The van der Waals surface area contributed by atoms with Gasteiger partial charge in [0.25, 0.3) is 0 Å². The Hall–Kier alpha value is -1.23. The van der Waals surface area contributed by atoms with Crippen molar-refractivity contribution in [3.63, 3.8) is 0 Å². The lowest BCUT2D eigenvalue weighted by Crippen LogP contribution is -2.38. The fourth-order valence-electron chi connectivity index (χ4n) is 2.26. The Morgan fingerprint density at radius 2 is 2.12 bits per heavy atom. The number of rotatable bonds is 8. The first-order chi connectivity index (χ1) is 12.1. The normalized spacial score (nSPS) is 11.2. The van der Waals surface area contributed by atoms with Gasteiger partial charge < -0.3 is 15.2 Å². The van der Waals surface area contributed by atoms with E-state index in [4.69, 9.17) is 4.52 Å². The van der Waals surface area contributed by atoms with Crippen LogP contribution in [-0.4, -0.2) is 35.7 Å². The summed E-state index contributed by atoms with van der Waals surface area (Å²) in [5.74, 6) is 1.79. The molecule has 0 aliphatic carbocycles. The zero-order valence-electron chi connectivity index (χ0n) is 14.9. The van der Waals surface area contributed by atoms with E-state index in [0.29, 0.717) is 43.2 Å². The molecule has 2 rings (SSSR count). The van der Waals surface area contributed by atoms with Crippen LogP contribution in [0.1, 0.15) is 30.6 Å². The van der Waals surface area contributed by atoms with Crippen molar-refractivity contribution in [2.45, 2.75) is 33.1 Å². The van der Waals surface area contributed by atoms with Crippen LogP contribution in [0.2, 0.25) is 0 Å². The Balaban J connectivity index is 0.00000338. The zero-order chi connectivity index (χ0) is 18.1. The number of benzene rings is 1. The van der Waals surface area contributed by atoms with Crippen LogP contribution in [-0.2, 0) is 12.8 Å². The number of aryl methyl sites for hydroxylation is 2. The molecular weight excluding hydrogens is 516 g/mol. The highest BCUT2D eigenvalue weighted by Gasteiger charge is 2.04. The fourth-order valence-corrected chi connectivity index (χ4v) is 2.59. The largest absolute Gasteiger partial charge is 0.357 e. The first-order valence-electron chi connectivity index (χ1n) is 8.33. The van der Waals surface area contributed by atoms with Crippen molar-refractivity contribution in [2.24, 2.45) is 4.99 Å². The maximum absolute atomic E-state index is 13.8. The van der Waals surface area contributed by atoms with Crippen molar-refractivity contribution < 1.29 is 8.91 Å². The van der Waals surface area contributed by atoms with Gasteiger partial charge in [0.1, 0.15) is 5.82 Å². The third kappa shape index (κ3) is 7.98. The second kappa shape index (κ2) is 12.2. The summed E-state index contributed by atoms with van der Waals surface area (Å²) in [6.07, 6.45) is 2.07. The summed E-state index contributed by atoms with van der Waals surface area (Å²) in [6.45, 7) is 5.84. The predicted octanol–water partition coefficient (Wildman–Crippen LogP) is 3.63. The van der Waals surface area contributed by atoms with Crippen LogP contribution in [0.25, 0.3) is 0 Å². The first kappa shape index (κ1) is 22.8. The molecule has 0 saturated carbocycles. The monoisotopic (exact) mass is 539 g/mol. The van der Waals surface area contributed by atoms with Gasteiger partial charge in [0.15, 0.2) is 11.8 Å². The van der Waals surface area contributed by atoms with E-state index in [9.17, 15) is 4.39 Å². The molecule has 1 heterocycles. The van der Waals surface area contributed by atoms with Crippen LogP contribution in [0.5, 0.6) is 0 Å². The van der Waals surface area contributed by atoms with Crippen molar-refractivity contribution in [3.8, 4) is 0 Å². The van der Waals surface area contributed by atoms with E-state index in [0.717, 1.165) is 23.4 Å². The van der Waals surface area contributed by atoms with Gasteiger partial charge in [-0.05, 0) is 44.4 Å². The molecule has 0 fully saturated rings. The van der Waals surface area contributed by atoms with Crippen molar-refractivity contribution in [1.29, 1.82) is 0 Å². The molecule has 144 valence electrons. The molecule has 0 atom stereocenters. The van der Waals surface area contributed by atoms with E-state index in [1.807, 2.05) is 13.0 Å². The average molecular weight is 540 g/mol. The fraction of sp³-hybridized carbons (Fsp3) is 0.471. The molecule has 6 nitrogen and oxygen atoms in total. The van der Waals surface area contributed by atoms with Gasteiger partial charge in [-0.2, -0.15) is 4.98 Å². The van der Waals surface area contributed by atoms with Crippen LogP contribution >= 0.6 is 39.9 Å². The minimum absolute atomic E-state index is 0. The second-order valence-corrected chi connectivity index (χ2v) is 6.43. The van der Waals surface area contributed by atoms with Crippen LogP contribution in [0.3, 0.4) is 0 Å². The lowest BCUT2D eigenvalue weighted by molar-refractivity contribution is 0.374. The number of hydrogen-bond donors (Lipinski definition) is 2. The van der Waals surface area contributed by atoms with Crippen molar-refractivity contribution >= 4 is 45.9 Å². The molecule has 2 aromatic rings. The molecule has 2 N–H and O–H groups in total. The number of guanidine groups is 1. The summed E-state index contributed by atoms with van der Waals surface area (Å²) < 4.78 is 19.6. The Morgan fingerprint density at radius 3 is 2.77 bits per heavy atom. The summed E-state index contributed by atoms with van der Waals surface area (Å²) in [5.41, 5.74) is 0.711. The highest BCUT2D eigenvalue weighted by Crippen LogP contribution is 2.16. The van der Waals surface area contributed by atoms with Gasteiger partial charge in [0.05, 0.1) is 0 Å². The molecule has 0 unspecified atom stereocenters. The molecule has 0 radical (unpaired) electrons. The number of hydrogen-bond acceptors (Lipinski definition) is 4. The van der Waals surface area contributed by atoms with E-state index in [1.54, 1.807) is 13.0 Å². The SMILES string of the molecule is CCNC(=NCCCc1ccc(Br)cc1F)NCCc1nc(C)no1.I. The zero-order valence-corrected chi connectivity index (χ0v) is 18.8. The van der Waals surface area contributed by atoms with Crippen molar-refractivity contribution in [3.05, 3.63) is 45.8 Å². The maximum Gasteiger partial charge on any atom is 0.228 e. The highest BCUT2D eigenvalue weighted by atomic mass is 127. The molecule has 0 aliphatic rings. The molecule has 26 heavy (non-hydrogen) atoms. The van der Waals surface area contributed by atoms with Gasteiger partial charge in [0, 0.05) is 30.5 Å². The summed E-state index contributed by atoms with van der Waals surface area (Å²) in [5, 5.41) is 10.2. The summed E-state index contributed by atoms with van der Waals surface area (Å²) >= 11 is 3.26. The van der Waals surface area contributed by atoms with E-state index in [2.05, 4.69) is 41.7 Å². The standard InChI is InChI=1S/C17H23BrFN5O.HI/c1-3-20-17(22-10-8-16-23-12(2)24-25-16)21-9-4-5-13-6-7-14(18)11-15(13)19;/h6-7,11H,3-5,8-10H2,1-2H3,(H2,20,21,22);1H. The third-order valence-corrected chi connectivity index (χ3v) is 3.93. The third-order valence-electron chi connectivity index (χ3n) is 3.43. The van der Waals surface area contributed by atoms with Crippen molar-refractivity contribution in [1.82, 2.24) is 20.8 Å². The molecule has 0 amide bonds. The maximum atomic E-state index is 13.8. The lowest BCUT2D eigenvalue weighted by atomic mass is 10.1. The Kier molecular flexibility index (Phi) is 10.7. The summed E-state index contributed by atoms with van der Waals surface area (Å²) in [6, 6.07) is 5.15. The Bertz CT molecular complexity index is 710. The first-order valence-corrected chi connectivity index (χ1v) is 9.13. The minimum atomic E-state index is -0.182. The van der Waals surface area contributed by atoms with Crippen LogP contribution in [0.4, 0.5) is 4.39 Å². The topological polar surface area (TPSA) is 75.3 Å². The lowest BCUT2D eigenvalue weighted by Gasteiger charge is -2.10. The molecule has 0 spiro atoms. The van der Waals surface area contributed by atoms with Gasteiger partial charge >= 0.3 is 0 Å².